The lowest BCUT2D eigenvalue weighted by molar-refractivity contribution is -0.387. The summed E-state index contributed by atoms with van der Waals surface area (Å²) < 4.78 is 12.8. The third kappa shape index (κ3) is 1.47. The molecule has 0 bridgehead atoms. The highest BCUT2D eigenvalue weighted by molar-refractivity contribution is 14.1. The molecule has 12 heavy (non-hydrogen) atoms. The van der Waals surface area contributed by atoms with Crippen LogP contribution in [0.3, 0.4) is 0 Å². The van der Waals surface area contributed by atoms with Gasteiger partial charge in [0.2, 0.25) is 5.82 Å². The Morgan fingerprint density at radius 1 is 1.58 bits per heavy atom. The summed E-state index contributed by atoms with van der Waals surface area (Å²) in [5.41, 5.74) is -0.628. The Morgan fingerprint density at radius 2 is 2.17 bits per heavy atom. The van der Waals surface area contributed by atoms with Gasteiger partial charge in [-0.15, -0.1) is 0 Å². The Kier molecular flexibility index (Phi) is 2.46. The minimum absolute atomic E-state index is 0.137. The first kappa shape index (κ1) is 9.17. The average molecular weight is 283 g/mol. The zero-order valence-electron chi connectivity index (χ0n) is 5.62. The van der Waals surface area contributed by atoms with Crippen molar-refractivity contribution in [3.8, 4) is 5.75 Å². The van der Waals surface area contributed by atoms with E-state index in [0.29, 0.717) is 0 Å². The third-order valence-electron chi connectivity index (χ3n) is 1.24. The van der Waals surface area contributed by atoms with Gasteiger partial charge in [-0.2, -0.15) is 4.39 Å². The molecule has 1 N–H and O–H groups in total. The van der Waals surface area contributed by atoms with Crippen LogP contribution in [-0.2, 0) is 0 Å². The molecule has 0 fully saturated rings. The van der Waals surface area contributed by atoms with Crippen molar-refractivity contribution in [2.45, 2.75) is 0 Å². The molecular formula is C6H3FINO3. The summed E-state index contributed by atoms with van der Waals surface area (Å²) in [6.07, 6.45) is 0. The molecule has 0 aliphatic rings. The van der Waals surface area contributed by atoms with Crippen LogP contribution in [0.25, 0.3) is 0 Å². The molecule has 0 saturated heterocycles. The van der Waals surface area contributed by atoms with Gasteiger partial charge in [0.1, 0.15) is 5.75 Å². The first-order valence-electron chi connectivity index (χ1n) is 2.85. The van der Waals surface area contributed by atoms with Crippen LogP contribution < -0.4 is 0 Å². The molecule has 0 saturated carbocycles. The van der Waals surface area contributed by atoms with Gasteiger partial charge in [0.15, 0.2) is 0 Å². The Bertz CT molecular complexity index is 342. The smallest absolute Gasteiger partial charge is 0.306 e. The number of nitrogens with zero attached hydrogens (tertiary/aromatic N) is 1. The van der Waals surface area contributed by atoms with Crippen LogP contribution in [0.2, 0.25) is 0 Å². The first-order chi connectivity index (χ1) is 5.54. The maximum atomic E-state index is 12.9. The van der Waals surface area contributed by atoms with E-state index in [9.17, 15) is 14.5 Å². The molecule has 0 amide bonds. The summed E-state index contributed by atoms with van der Waals surface area (Å²) in [7, 11) is 0. The zero-order chi connectivity index (χ0) is 9.30. The number of hydrogen-bond acceptors (Lipinski definition) is 3. The molecule has 4 nitrogen and oxygen atoms in total. The summed E-state index contributed by atoms with van der Waals surface area (Å²) in [6.45, 7) is 0. The average Bonchev–Trinajstić information content (AvgIpc) is 2.00. The number of phenolic OH excluding ortho intramolecular Hbond substituents is 1. The van der Waals surface area contributed by atoms with Crippen molar-refractivity contribution in [2.75, 3.05) is 0 Å². The van der Waals surface area contributed by atoms with Gasteiger partial charge in [-0.3, -0.25) is 10.1 Å². The Hall–Kier alpha value is -0.920. The highest BCUT2D eigenvalue weighted by Gasteiger charge is 2.18. The number of phenols is 1. The SMILES string of the molecule is O=[N+]([O-])c1ccc(O)c(I)c1F. The largest absolute Gasteiger partial charge is 0.507 e. The molecule has 0 atom stereocenters. The van der Waals surface area contributed by atoms with Crippen molar-refractivity contribution in [3.05, 3.63) is 31.6 Å². The maximum absolute atomic E-state index is 12.9. The quantitative estimate of drug-likeness (QED) is 0.487. The van der Waals surface area contributed by atoms with E-state index in [1.165, 1.54) is 22.6 Å². The summed E-state index contributed by atoms with van der Waals surface area (Å²) in [5.74, 6) is -1.29. The van der Waals surface area contributed by atoms with Crippen molar-refractivity contribution in [1.82, 2.24) is 0 Å². The van der Waals surface area contributed by atoms with Gasteiger partial charge in [0.25, 0.3) is 0 Å². The predicted molar refractivity (Wildman–Crippen MR) is 47.4 cm³/mol. The van der Waals surface area contributed by atoms with E-state index in [1.54, 1.807) is 0 Å². The molecule has 1 rings (SSSR count). The molecule has 0 spiro atoms. The van der Waals surface area contributed by atoms with Gasteiger partial charge in [-0.25, -0.2) is 0 Å². The number of rotatable bonds is 1. The molecule has 1 aromatic carbocycles. The Labute approximate surface area is 80.3 Å². The normalized spacial score (nSPS) is 9.83. The second kappa shape index (κ2) is 3.21. The van der Waals surface area contributed by atoms with Gasteiger partial charge in [-0.05, 0) is 28.7 Å². The van der Waals surface area contributed by atoms with E-state index in [1.807, 2.05) is 0 Å². The second-order valence-corrected chi connectivity index (χ2v) is 3.07. The molecule has 0 heterocycles. The lowest BCUT2D eigenvalue weighted by Gasteiger charge is -1.98. The minimum atomic E-state index is -0.999. The van der Waals surface area contributed by atoms with Crippen LogP contribution in [0.15, 0.2) is 12.1 Å². The van der Waals surface area contributed by atoms with Crippen LogP contribution in [0, 0.1) is 19.5 Å². The van der Waals surface area contributed by atoms with Gasteiger partial charge in [-0.1, -0.05) is 0 Å². The molecule has 0 aliphatic carbocycles. The van der Waals surface area contributed by atoms with E-state index in [2.05, 4.69) is 0 Å². The lowest BCUT2D eigenvalue weighted by atomic mass is 10.3. The highest BCUT2D eigenvalue weighted by Crippen LogP contribution is 2.28. The van der Waals surface area contributed by atoms with Crippen LogP contribution in [-0.4, -0.2) is 10.0 Å². The molecule has 64 valence electrons. The highest BCUT2D eigenvalue weighted by atomic mass is 127. The van der Waals surface area contributed by atoms with Crippen molar-refractivity contribution in [3.63, 3.8) is 0 Å². The van der Waals surface area contributed by atoms with E-state index in [0.717, 1.165) is 12.1 Å². The topological polar surface area (TPSA) is 63.4 Å². The van der Waals surface area contributed by atoms with Gasteiger partial charge < -0.3 is 5.11 Å². The Balaban J connectivity index is 3.36. The standard InChI is InChI=1S/C6H3FINO3/c7-5-3(9(11)12)1-2-4(10)6(5)8/h1-2,10H. The first-order valence-corrected chi connectivity index (χ1v) is 3.93. The molecule has 0 unspecified atom stereocenters. The summed E-state index contributed by atoms with van der Waals surface area (Å²) in [4.78, 5) is 9.33. The van der Waals surface area contributed by atoms with Crippen molar-refractivity contribution in [2.24, 2.45) is 0 Å². The van der Waals surface area contributed by atoms with Crippen LogP contribution >= 0.6 is 22.6 Å². The Morgan fingerprint density at radius 3 is 2.67 bits per heavy atom. The van der Waals surface area contributed by atoms with Crippen LogP contribution in [0.5, 0.6) is 5.75 Å². The maximum Gasteiger partial charge on any atom is 0.306 e. The number of nitro benzene ring substituents is 1. The molecule has 0 aromatic heterocycles. The minimum Gasteiger partial charge on any atom is -0.507 e. The van der Waals surface area contributed by atoms with E-state index < -0.39 is 16.4 Å². The van der Waals surface area contributed by atoms with Gasteiger partial charge in [0, 0.05) is 6.07 Å². The third-order valence-corrected chi connectivity index (χ3v) is 2.26. The number of halogens is 2. The zero-order valence-corrected chi connectivity index (χ0v) is 7.78. The fourth-order valence-corrected chi connectivity index (χ4v) is 1.13. The van der Waals surface area contributed by atoms with Crippen molar-refractivity contribution < 1.29 is 14.4 Å². The summed E-state index contributed by atoms with van der Waals surface area (Å²) in [6, 6.07) is 2.01. The predicted octanol–water partition coefficient (Wildman–Crippen LogP) is 2.04. The van der Waals surface area contributed by atoms with Crippen molar-refractivity contribution in [1.29, 1.82) is 0 Å². The monoisotopic (exact) mass is 283 g/mol. The molecular weight excluding hydrogens is 280 g/mol. The summed E-state index contributed by atoms with van der Waals surface area (Å²) >= 11 is 1.50. The number of hydrogen-bond donors (Lipinski definition) is 1. The second-order valence-electron chi connectivity index (χ2n) is 1.99. The fourth-order valence-electron chi connectivity index (χ4n) is 0.670. The number of benzene rings is 1. The van der Waals surface area contributed by atoms with Crippen molar-refractivity contribution >= 4 is 28.3 Å². The lowest BCUT2D eigenvalue weighted by Crippen LogP contribution is -1.94. The van der Waals surface area contributed by atoms with E-state index >= 15 is 0 Å². The van der Waals surface area contributed by atoms with E-state index in [4.69, 9.17) is 5.11 Å². The number of aromatic hydroxyl groups is 1. The molecule has 0 radical (unpaired) electrons. The van der Waals surface area contributed by atoms with Gasteiger partial charge in [0.05, 0.1) is 8.49 Å². The van der Waals surface area contributed by atoms with Crippen LogP contribution in [0.4, 0.5) is 10.1 Å². The van der Waals surface area contributed by atoms with Crippen LogP contribution in [0.1, 0.15) is 0 Å². The molecule has 6 heteroatoms. The van der Waals surface area contributed by atoms with Gasteiger partial charge >= 0.3 is 5.69 Å². The molecule has 1 aromatic rings. The number of nitro groups is 1. The fraction of sp³-hybridized carbons (Fsp3) is 0. The summed E-state index contributed by atoms with van der Waals surface area (Å²) in [5, 5.41) is 19.1. The molecule has 0 aliphatic heterocycles. The van der Waals surface area contributed by atoms with E-state index in [-0.39, 0.29) is 9.32 Å².